The number of hydrogen-bond acceptors (Lipinski definition) is 4. The molecule has 1 heterocycles. The van der Waals surface area contributed by atoms with Crippen molar-refractivity contribution in [3.05, 3.63) is 36.4 Å². The van der Waals surface area contributed by atoms with E-state index in [1.165, 1.54) is 19.2 Å². The molecule has 0 radical (unpaired) electrons. The molecule has 0 spiro atoms. The Balaban J connectivity index is 0.00000288. The van der Waals surface area contributed by atoms with Gasteiger partial charge >= 0.3 is 6.36 Å². The summed E-state index contributed by atoms with van der Waals surface area (Å²) < 4.78 is 46.3. The zero-order chi connectivity index (χ0) is 16.9. The molecule has 1 aliphatic heterocycles. The Morgan fingerprint density at radius 1 is 1.28 bits per heavy atom. The Morgan fingerprint density at radius 2 is 1.92 bits per heavy atom. The third kappa shape index (κ3) is 6.93. The van der Waals surface area contributed by atoms with Crippen molar-refractivity contribution < 1.29 is 22.6 Å². The first-order valence-corrected chi connectivity index (χ1v) is 7.44. The third-order valence-electron chi connectivity index (χ3n) is 3.78. The summed E-state index contributed by atoms with van der Waals surface area (Å²) in [6.07, 6.45) is -2.21. The normalized spacial score (nSPS) is 16.2. The van der Waals surface area contributed by atoms with Gasteiger partial charge in [0.05, 0.1) is 7.11 Å². The second kappa shape index (κ2) is 10.8. The first-order chi connectivity index (χ1) is 10.9. The van der Waals surface area contributed by atoms with Crippen LogP contribution >= 0.6 is 24.8 Å². The lowest BCUT2D eigenvalue weighted by Crippen LogP contribution is -2.45. The molecule has 1 fully saturated rings. The van der Waals surface area contributed by atoms with Gasteiger partial charge in [0.1, 0.15) is 11.5 Å². The largest absolute Gasteiger partial charge is 0.573 e. The van der Waals surface area contributed by atoms with E-state index in [-0.39, 0.29) is 36.6 Å². The van der Waals surface area contributed by atoms with E-state index in [0.717, 1.165) is 31.7 Å². The molecule has 144 valence electrons. The molecule has 1 saturated heterocycles. The van der Waals surface area contributed by atoms with Gasteiger partial charge < -0.3 is 14.8 Å². The van der Waals surface area contributed by atoms with Crippen molar-refractivity contribution in [1.29, 1.82) is 0 Å². The standard InChI is InChI=1S/C16H21F3N2O2.2ClH/c1-3-4-14(21-9-7-20-8-10-21)13-6-5-12(11-15(13)22-2)23-16(17,18)19;;/h3,5-6,11,14,20H,1,4,7-10H2,2H3;2*1H/t14-;;/m0../s1. The summed E-state index contributed by atoms with van der Waals surface area (Å²) in [5.41, 5.74) is 0.837. The van der Waals surface area contributed by atoms with Crippen LogP contribution in [0.15, 0.2) is 30.9 Å². The molecular weight excluding hydrogens is 380 g/mol. The number of rotatable bonds is 6. The Morgan fingerprint density at radius 3 is 2.44 bits per heavy atom. The van der Waals surface area contributed by atoms with Crippen LogP contribution in [0.4, 0.5) is 13.2 Å². The van der Waals surface area contributed by atoms with Crippen molar-refractivity contribution in [2.75, 3.05) is 33.3 Å². The maximum absolute atomic E-state index is 12.4. The predicted molar refractivity (Wildman–Crippen MR) is 96.2 cm³/mol. The average Bonchev–Trinajstić information content (AvgIpc) is 2.52. The average molecular weight is 403 g/mol. The number of ether oxygens (including phenoxy) is 2. The molecule has 0 amide bonds. The maximum Gasteiger partial charge on any atom is 0.573 e. The van der Waals surface area contributed by atoms with Gasteiger partial charge in [0.15, 0.2) is 0 Å². The van der Waals surface area contributed by atoms with Gasteiger partial charge in [-0.1, -0.05) is 12.1 Å². The van der Waals surface area contributed by atoms with Crippen LogP contribution in [0, 0.1) is 0 Å². The Hall–Kier alpha value is -1.15. The van der Waals surface area contributed by atoms with E-state index in [9.17, 15) is 13.2 Å². The van der Waals surface area contributed by atoms with Gasteiger partial charge in [0.2, 0.25) is 0 Å². The first-order valence-electron chi connectivity index (χ1n) is 7.44. The van der Waals surface area contributed by atoms with Gasteiger partial charge in [-0.2, -0.15) is 0 Å². The number of nitrogens with zero attached hydrogens (tertiary/aromatic N) is 1. The van der Waals surface area contributed by atoms with Gasteiger partial charge in [-0.25, -0.2) is 0 Å². The van der Waals surface area contributed by atoms with E-state index in [1.54, 1.807) is 6.07 Å². The van der Waals surface area contributed by atoms with Crippen molar-refractivity contribution in [2.45, 2.75) is 18.8 Å². The predicted octanol–water partition coefficient (Wildman–Crippen LogP) is 3.96. The van der Waals surface area contributed by atoms with Crippen molar-refractivity contribution in [1.82, 2.24) is 10.2 Å². The minimum atomic E-state index is -4.72. The Kier molecular flexibility index (Phi) is 10.3. The molecule has 1 aromatic rings. The maximum atomic E-state index is 12.4. The van der Waals surface area contributed by atoms with Crippen LogP contribution in [-0.4, -0.2) is 44.6 Å². The molecule has 1 N–H and O–H groups in total. The van der Waals surface area contributed by atoms with Crippen LogP contribution in [0.2, 0.25) is 0 Å². The van der Waals surface area contributed by atoms with E-state index >= 15 is 0 Å². The van der Waals surface area contributed by atoms with E-state index in [2.05, 4.69) is 21.5 Å². The fourth-order valence-corrected chi connectivity index (χ4v) is 2.79. The third-order valence-corrected chi connectivity index (χ3v) is 3.78. The summed E-state index contributed by atoms with van der Waals surface area (Å²) in [4.78, 5) is 2.28. The number of methoxy groups -OCH3 is 1. The van der Waals surface area contributed by atoms with Gasteiger partial charge in [-0.05, 0) is 12.5 Å². The molecule has 1 aliphatic rings. The molecule has 0 unspecified atom stereocenters. The zero-order valence-corrected chi connectivity index (χ0v) is 15.5. The molecule has 0 bridgehead atoms. The summed E-state index contributed by atoms with van der Waals surface area (Å²) in [6, 6.07) is 4.25. The zero-order valence-electron chi connectivity index (χ0n) is 13.8. The lowest BCUT2D eigenvalue weighted by molar-refractivity contribution is -0.274. The molecular formula is C16H23Cl2F3N2O2. The summed E-state index contributed by atoms with van der Waals surface area (Å²) in [7, 11) is 1.44. The SMILES string of the molecule is C=CC[C@@H](c1ccc(OC(F)(F)F)cc1OC)N1CCNCC1.Cl.Cl. The highest BCUT2D eigenvalue weighted by atomic mass is 35.5. The van der Waals surface area contributed by atoms with E-state index < -0.39 is 6.36 Å². The van der Waals surface area contributed by atoms with Crippen molar-refractivity contribution >= 4 is 24.8 Å². The first kappa shape index (κ1) is 23.9. The van der Waals surface area contributed by atoms with E-state index in [0.29, 0.717) is 12.2 Å². The number of piperazine rings is 1. The number of nitrogens with one attached hydrogen (secondary N) is 1. The minimum absolute atomic E-state index is 0. The number of hydrogen-bond donors (Lipinski definition) is 1. The molecule has 4 nitrogen and oxygen atoms in total. The second-order valence-electron chi connectivity index (χ2n) is 5.28. The van der Waals surface area contributed by atoms with Crippen LogP contribution in [0.1, 0.15) is 18.0 Å². The summed E-state index contributed by atoms with van der Waals surface area (Å²) in [5.74, 6) is 0.105. The Bertz CT molecular complexity index is 539. The minimum Gasteiger partial charge on any atom is -0.496 e. The molecule has 0 aromatic heterocycles. The van der Waals surface area contributed by atoms with Gasteiger partial charge in [-0.3, -0.25) is 4.90 Å². The Labute approximate surface area is 158 Å². The van der Waals surface area contributed by atoms with Crippen molar-refractivity contribution in [3.63, 3.8) is 0 Å². The fourth-order valence-electron chi connectivity index (χ4n) is 2.79. The number of benzene rings is 1. The second-order valence-corrected chi connectivity index (χ2v) is 5.28. The molecule has 0 saturated carbocycles. The topological polar surface area (TPSA) is 33.7 Å². The van der Waals surface area contributed by atoms with E-state index in [4.69, 9.17) is 4.74 Å². The fraction of sp³-hybridized carbons (Fsp3) is 0.500. The molecule has 0 aliphatic carbocycles. The van der Waals surface area contributed by atoms with Crippen LogP contribution in [0.25, 0.3) is 0 Å². The molecule has 9 heteroatoms. The van der Waals surface area contributed by atoms with Crippen LogP contribution in [0.3, 0.4) is 0 Å². The van der Waals surface area contributed by atoms with Gasteiger partial charge in [-0.15, -0.1) is 44.6 Å². The summed E-state index contributed by atoms with van der Waals surface area (Å²) in [6.45, 7) is 7.27. The molecule has 25 heavy (non-hydrogen) atoms. The highest BCUT2D eigenvalue weighted by molar-refractivity contribution is 5.85. The van der Waals surface area contributed by atoms with Crippen molar-refractivity contribution in [3.8, 4) is 11.5 Å². The number of alkyl halides is 3. The monoisotopic (exact) mass is 402 g/mol. The number of halogens is 5. The van der Waals surface area contributed by atoms with Crippen LogP contribution in [0.5, 0.6) is 11.5 Å². The van der Waals surface area contributed by atoms with Gasteiger partial charge in [0.25, 0.3) is 0 Å². The summed E-state index contributed by atoms with van der Waals surface area (Å²) in [5, 5.41) is 3.28. The van der Waals surface area contributed by atoms with Crippen LogP contribution < -0.4 is 14.8 Å². The van der Waals surface area contributed by atoms with Crippen LogP contribution in [-0.2, 0) is 0 Å². The van der Waals surface area contributed by atoms with Crippen molar-refractivity contribution in [2.24, 2.45) is 0 Å². The molecule has 1 aromatic carbocycles. The summed E-state index contributed by atoms with van der Waals surface area (Å²) >= 11 is 0. The molecule has 2 rings (SSSR count). The lowest BCUT2D eigenvalue weighted by atomic mass is 9.99. The highest BCUT2D eigenvalue weighted by Crippen LogP contribution is 2.36. The quantitative estimate of drug-likeness (QED) is 0.730. The van der Waals surface area contributed by atoms with E-state index in [1.807, 2.05) is 6.08 Å². The highest BCUT2D eigenvalue weighted by Gasteiger charge is 2.32. The lowest BCUT2D eigenvalue weighted by Gasteiger charge is -2.35. The smallest absolute Gasteiger partial charge is 0.496 e. The molecule has 1 atom stereocenters. The van der Waals surface area contributed by atoms with Gasteiger partial charge in [0, 0.05) is 43.9 Å².